The van der Waals surface area contributed by atoms with Gasteiger partial charge >= 0.3 is 0 Å². The van der Waals surface area contributed by atoms with Crippen LogP contribution in [-0.2, 0) is 11.3 Å². The zero-order chi connectivity index (χ0) is 15.6. The van der Waals surface area contributed by atoms with Crippen LogP contribution in [0.2, 0.25) is 0 Å². The molecule has 0 aliphatic carbocycles. The van der Waals surface area contributed by atoms with E-state index in [9.17, 15) is 0 Å². The molecule has 0 unspecified atom stereocenters. The molecular formula is C18H26N2O2. The average Bonchev–Trinajstić information content (AvgIpc) is 2.53. The molecule has 2 rings (SSSR count). The summed E-state index contributed by atoms with van der Waals surface area (Å²) >= 11 is 0. The van der Waals surface area contributed by atoms with Gasteiger partial charge in [-0.1, -0.05) is 24.3 Å². The Morgan fingerprint density at radius 1 is 1.32 bits per heavy atom. The lowest BCUT2D eigenvalue weighted by atomic mass is 10.1. The monoisotopic (exact) mass is 302 g/mol. The van der Waals surface area contributed by atoms with E-state index in [2.05, 4.69) is 29.2 Å². The molecule has 4 nitrogen and oxygen atoms in total. The first-order valence-electron chi connectivity index (χ1n) is 8.07. The third-order valence-corrected chi connectivity index (χ3v) is 3.58. The Bertz CT molecular complexity index is 500. The third-order valence-electron chi connectivity index (χ3n) is 3.58. The van der Waals surface area contributed by atoms with Crippen LogP contribution in [-0.4, -0.2) is 37.1 Å². The summed E-state index contributed by atoms with van der Waals surface area (Å²) in [5.41, 5.74) is 1.29. The molecule has 1 heterocycles. The molecule has 0 amide bonds. The van der Waals surface area contributed by atoms with Gasteiger partial charge in [0.05, 0.1) is 13.2 Å². The van der Waals surface area contributed by atoms with Gasteiger partial charge in [0.2, 0.25) is 0 Å². The summed E-state index contributed by atoms with van der Waals surface area (Å²) in [6.07, 6.45) is 7.06. The highest BCUT2D eigenvalue weighted by atomic mass is 16.5. The van der Waals surface area contributed by atoms with Gasteiger partial charge in [0.15, 0.2) is 5.90 Å². The molecule has 0 bridgehead atoms. The molecule has 1 aliphatic rings. The first-order chi connectivity index (χ1) is 10.8. The number of hydrogen-bond acceptors (Lipinski definition) is 4. The van der Waals surface area contributed by atoms with Crippen molar-refractivity contribution in [2.75, 3.05) is 26.3 Å². The molecule has 1 aliphatic heterocycles. The maximum atomic E-state index is 7.56. The van der Waals surface area contributed by atoms with Crippen molar-refractivity contribution in [2.45, 2.75) is 32.7 Å². The highest BCUT2D eigenvalue weighted by molar-refractivity contribution is 5.72. The molecule has 0 aromatic heterocycles. The summed E-state index contributed by atoms with van der Waals surface area (Å²) in [7, 11) is 0. The molecule has 4 heteroatoms. The van der Waals surface area contributed by atoms with Crippen LogP contribution in [0.1, 0.15) is 31.7 Å². The Labute approximate surface area is 133 Å². The standard InChI is InChI=1S/C18H26N2O2/c1-2-21-18(19)10-7-13-22-17-9-6-8-16(14-17)15-20-11-4-3-5-12-20/h3-4,6,8-9,14,19H,2,5,7,10-13,15H2,1H3. The molecule has 1 N–H and O–H groups in total. The van der Waals surface area contributed by atoms with Crippen LogP contribution < -0.4 is 4.74 Å². The van der Waals surface area contributed by atoms with Gasteiger partial charge in [0.1, 0.15) is 5.75 Å². The minimum Gasteiger partial charge on any atom is -0.494 e. The molecule has 0 radical (unpaired) electrons. The number of rotatable bonds is 8. The maximum Gasteiger partial charge on any atom is 0.180 e. The second-order valence-electron chi connectivity index (χ2n) is 5.45. The van der Waals surface area contributed by atoms with Gasteiger partial charge in [-0.2, -0.15) is 0 Å². The van der Waals surface area contributed by atoms with Crippen molar-refractivity contribution in [1.82, 2.24) is 4.90 Å². The van der Waals surface area contributed by atoms with Crippen LogP contribution in [0.15, 0.2) is 36.4 Å². The first kappa shape index (κ1) is 16.6. The lowest BCUT2D eigenvalue weighted by Gasteiger charge is -2.23. The fourth-order valence-electron chi connectivity index (χ4n) is 2.49. The zero-order valence-electron chi connectivity index (χ0n) is 13.4. The molecule has 1 aromatic rings. The normalized spacial score (nSPS) is 14.8. The maximum absolute atomic E-state index is 7.56. The van der Waals surface area contributed by atoms with E-state index in [-0.39, 0.29) is 0 Å². The largest absolute Gasteiger partial charge is 0.494 e. The van der Waals surface area contributed by atoms with Crippen molar-refractivity contribution in [3.05, 3.63) is 42.0 Å². The van der Waals surface area contributed by atoms with Gasteiger partial charge in [-0.3, -0.25) is 10.3 Å². The van der Waals surface area contributed by atoms with E-state index >= 15 is 0 Å². The minimum atomic E-state index is 0.345. The second-order valence-corrected chi connectivity index (χ2v) is 5.45. The fourth-order valence-corrected chi connectivity index (χ4v) is 2.49. The Morgan fingerprint density at radius 3 is 3.00 bits per heavy atom. The van der Waals surface area contributed by atoms with Crippen LogP contribution in [0.4, 0.5) is 0 Å². The van der Waals surface area contributed by atoms with Crippen LogP contribution in [0.25, 0.3) is 0 Å². The molecule has 0 fully saturated rings. The molecule has 22 heavy (non-hydrogen) atoms. The van der Waals surface area contributed by atoms with E-state index in [4.69, 9.17) is 14.9 Å². The van der Waals surface area contributed by atoms with Crippen LogP contribution >= 0.6 is 0 Å². The molecule has 0 saturated heterocycles. The predicted octanol–water partition coefficient (Wildman–Crippen LogP) is 3.62. The van der Waals surface area contributed by atoms with E-state index in [0.717, 1.165) is 38.2 Å². The van der Waals surface area contributed by atoms with Crippen molar-refractivity contribution in [3.8, 4) is 5.75 Å². The quantitative estimate of drug-likeness (QED) is 0.345. The summed E-state index contributed by atoms with van der Waals surface area (Å²) in [6, 6.07) is 8.31. The van der Waals surface area contributed by atoms with Crippen molar-refractivity contribution >= 4 is 5.90 Å². The van der Waals surface area contributed by atoms with Crippen LogP contribution in [0.5, 0.6) is 5.75 Å². The van der Waals surface area contributed by atoms with Crippen molar-refractivity contribution in [1.29, 1.82) is 5.41 Å². The summed E-state index contributed by atoms with van der Waals surface area (Å²) in [6.45, 7) is 6.20. The summed E-state index contributed by atoms with van der Waals surface area (Å²) in [4.78, 5) is 2.43. The van der Waals surface area contributed by atoms with Crippen LogP contribution in [0, 0.1) is 5.41 Å². The fraction of sp³-hybridized carbons (Fsp3) is 0.500. The van der Waals surface area contributed by atoms with Crippen molar-refractivity contribution < 1.29 is 9.47 Å². The Morgan fingerprint density at radius 2 is 2.23 bits per heavy atom. The lowest BCUT2D eigenvalue weighted by molar-refractivity contribution is 0.284. The van der Waals surface area contributed by atoms with Gasteiger partial charge in [0.25, 0.3) is 0 Å². The predicted molar refractivity (Wildman–Crippen MR) is 89.6 cm³/mol. The van der Waals surface area contributed by atoms with Crippen molar-refractivity contribution in [2.24, 2.45) is 0 Å². The van der Waals surface area contributed by atoms with E-state index < -0.39 is 0 Å². The number of ether oxygens (including phenoxy) is 2. The van der Waals surface area contributed by atoms with E-state index in [1.165, 1.54) is 5.56 Å². The molecule has 120 valence electrons. The number of nitrogens with one attached hydrogen (secondary N) is 1. The van der Waals surface area contributed by atoms with E-state index in [0.29, 0.717) is 25.5 Å². The molecule has 1 aromatic carbocycles. The number of nitrogens with zero attached hydrogens (tertiary/aromatic N) is 1. The number of benzene rings is 1. The molecular weight excluding hydrogens is 276 g/mol. The Kier molecular flexibility index (Phi) is 6.97. The van der Waals surface area contributed by atoms with Gasteiger partial charge in [-0.05, 0) is 37.5 Å². The smallest absolute Gasteiger partial charge is 0.180 e. The topological polar surface area (TPSA) is 45.6 Å². The summed E-state index contributed by atoms with van der Waals surface area (Å²) in [5.74, 6) is 1.26. The Balaban J connectivity index is 1.74. The van der Waals surface area contributed by atoms with Crippen molar-refractivity contribution in [3.63, 3.8) is 0 Å². The third kappa shape index (κ3) is 5.90. The van der Waals surface area contributed by atoms with Gasteiger partial charge < -0.3 is 9.47 Å². The molecule has 0 saturated carbocycles. The second kappa shape index (κ2) is 9.26. The highest BCUT2D eigenvalue weighted by Crippen LogP contribution is 2.16. The minimum absolute atomic E-state index is 0.345. The molecule has 0 spiro atoms. The van der Waals surface area contributed by atoms with Gasteiger partial charge in [-0.15, -0.1) is 0 Å². The Hall–Kier alpha value is -1.81. The zero-order valence-corrected chi connectivity index (χ0v) is 13.4. The summed E-state index contributed by atoms with van der Waals surface area (Å²) in [5, 5.41) is 7.56. The SMILES string of the molecule is CCOC(=N)CCCOc1cccc(CN2CC=CCC2)c1. The first-order valence-corrected chi connectivity index (χ1v) is 8.07. The highest BCUT2D eigenvalue weighted by Gasteiger charge is 2.07. The van der Waals surface area contributed by atoms with Gasteiger partial charge in [-0.25, -0.2) is 0 Å². The lowest BCUT2D eigenvalue weighted by Crippen LogP contribution is -2.26. The average molecular weight is 302 g/mol. The summed E-state index contributed by atoms with van der Waals surface area (Å²) < 4.78 is 10.9. The molecule has 0 atom stereocenters. The van der Waals surface area contributed by atoms with E-state index in [1.807, 2.05) is 19.1 Å². The number of hydrogen-bond donors (Lipinski definition) is 1. The van der Waals surface area contributed by atoms with E-state index in [1.54, 1.807) is 0 Å². The van der Waals surface area contributed by atoms with Gasteiger partial charge in [0, 0.05) is 26.1 Å². The van der Waals surface area contributed by atoms with Crippen LogP contribution in [0.3, 0.4) is 0 Å².